The predicted molar refractivity (Wildman–Crippen MR) is 64.0 cm³/mol. The van der Waals surface area contributed by atoms with Gasteiger partial charge in [-0.25, -0.2) is 9.37 Å². The number of amides is 1. The summed E-state index contributed by atoms with van der Waals surface area (Å²) in [4.78, 5) is 28.9. The van der Waals surface area contributed by atoms with Crippen molar-refractivity contribution in [2.45, 2.75) is 6.54 Å². The van der Waals surface area contributed by atoms with Crippen LogP contribution in [0.5, 0.6) is 0 Å². The summed E-state index contributed by atoms with van der Waals surface area (Å²) >= 11 is 1.41. The molecule has 0 saturated carbocycles. The van der Waals surface area contributed by atoms with E-state index in [1.807, 2.05) is 0 Å². The Balaban J connectivity index is 2.02. The number of aromatic nitrogens is 1. The number of hydrogen-bond donors (Lipinski definition) is 0. The van der Waals surface area contributed by atoms with Crippen LogP contribution in [0.1, 0.15) is 16.1 Å². The van der Waals surface area contributed by atoms with Gasteiger partial charge < -0.3 is 0 Å². The van der Waals surface area contributed by atoms with E-state index in [4.69, 9.17) is 0 Å². The highest BCUT2D eigenvalue weighted by atomic mass is 32.1. The molecular weight excluding hydrogens is 255 g/mol. The number of thiazole rings is 1. The zero-order chi connectivity index (χ0) is 12.7. The van der Waals surface area contributed by atoms with Crippen LogP contribution in [0.2, 0.25) is 0 Å². The smallest absolute Gasteiger partial charge is 0.299 e. The van der Waals surface area contributed by atoms with E-state index in [0.29, 0.717) is 11.4 Å². The lowest BCUT2D eigenvalue weighted by atomic mass is 10.1. The Bertz CT molecular complexity index is 640. The number of carbonyl (C=O) groups excluding carboxylic acids is 2. The van der Waals surface area contributed by atoms with Crippen LogP contribution in [0, 0.1) is 5.82 Å². The van der Waals surface area contributed by atoms with Crippen molar-refractivity contribution in [3.05, 3.63) is 46.2 Å². The third kappa shape index (κ3) is 1.62. The van der Waals surface area contributed by atoms with Gasteiger partial charge in [0.25, 0.3) is 11.7 Å². The number of ketones is 1. The van der Waals surface area contributed by atoms with E-state index in [9.17, 15) is 14.0 Å². The molecule has 1 amide bonds. The number of hydrogen-bond acceptors (Lipinski definition) is 4. The summed E-state index contributed by atoms with van der Waals surface area (Å²) in [6, 6.07) is 3.77. The maximum atomic E-state index is 13.1. The molecule has 1 aliphatic rings. The molecule has 0 radical (unpaired) electrons. The molecule has 0 spiro atoms. The molecule has 0 aliphatic carbocycles. The minimum Gasteiger partial charge on any atom is -0.299 e. The summed E-state index contributed by atoms with van der Waals surface area (Å²) < 4.78 is 13.1. The standard InChI is InChI=1S/C12H7FN2O2S/c13-7-1-2-10-9(3-7)11(16)12(17)15(10)4-8-5-18-6-14-8/h1-3,5-6H,4H2. The van der Waals surface area contributed by atoms with Gasteiger partial charge in [-0.3, -0.25) is 14.5 Å². The van der Waals surface area contributed by atoms with E-state index in [-0.39, 0.29) is 12.1 Å². The Morgan fingerprint density at radius 2 is 2.17 bits per heavy atom. The van der Waals surface area contributed by atoms with Crippen molar-refractivity contribution < 1.29 is 14.0 Å². The van der Waals surface area contributed by atoms with Crippen LogP contribution in [0.25, 0.3) is 0 Å². The third-order valence-electron chi connectivity index (χ3n) is 2.74. The molecule has 2 aromatic rings. The molecule has 18 heavy (non-hydrogen) atoms. The van der Waals surface area contributed by atoms with E-state index in [2.05, 4.69) is 4.98 Å². The van der Waals surface area contributed by atoms with Crippen LogP contribution >= 0.6 is 11.3 Å². The second-order valence-electron chi connectivity index (χ2n) is 3.86. The van der Waals surface area contributed by atoms with Crippen LogP contribution in [0.15, 0.2) is 29.1 Å². The second-order valence-corrected chi connectivity index (χ2v) is 4.58. The number of Topliss-reactive ketones (excluding diaryl/α,β-unsaturated/α-hetero) is 1. The van der Waals surface area contributed by atoms with Crippen LogP contribution in [0.3, 0.4) is 0 Å². The SMILES string of the molecule is O=C1C(=O)N(Cc2cscn2)c2ccc(F)cc21. The topological polar surface area (TPSA) is 50.3 Å². The molecule has 90 valence electrons. The first-order valence-electron chi connectivity index (χ1n) is 5.19. The zero-order valence-corrected chi connectivity index (χ0v) is 9.91. The number of fused-ring (bicyclic) bond motifs is 1. The number of rotatable bonds is 2. The first kappa shape index (κ1) is 11.0. The van der Waals surface area contributed by atoms with E-state index < -0.39 is 17.5 Å². The summed E-state index contributed by atoms with van der Waals surface area (Å²) in [6.45, 7) is 0.229. The van der Waals surface area contributed by atoms with Crippen LogP contribution in [-0.2, 0) is 11.3 Å². The van der Waals surface area contributed by atoms with Gasteiger partial charge in [0.15, 0.2) is 0 Å². The molecule has 4 nitrogen and oxygen atoms in total. The van der Waals surface area contributed by atoms with Gasteiger partial charge in [-0.2, -0.15) is 0 Å². The zero-order valence-electron chi connectivity index (χ0n) is 9.09. The second kappa shape index (κ2) is 3.99. The fourth-order valence-corrected chi connectivity index (χ4v) is 2.46. The number of halogens is 1. The Labute approximate surface area is 106 Å². The molecule has 1 aromatic carbocycles. The number of anilines is 1. The first-order valence-corrected chi connectivity index (χ1v) is 6.14. The lowest BCUT2D eigenvalue weighted by Gasteiger charge is -2.14. The van der Waals surface area contributed by atoms with Crippen molar-refractivity contribution in [3.63, 3.8) is 0 Å². The fraction of sp³-hybridized carbons (Fsp3) is 0.0833. The van der Waals surface area contributed by atoms with Gasteiger partial charge >= 0.3 is 0 Å². The summed E-state index contributed by atoms with van der Waals surface area (Å²) in [6.07, 6.45) is 0. The van der Waals surface area contributed by atoms with Crippen molar-refractivity contribution in [1.82, 2.24) is 4.98 Å². The normalized spacial score (nSPS) is 14.2. The van der Waals surface area contributed by atoms with Gasteiger partial charge in [-0.1, -0.05) is 0 Å². The van der Waals surface area contributed by atoms with Gasteiger partial charge in [-0.05, 0) is 18.2 Å². The number of carbonyl (C=O) groups is 2. The molecule has 2 heterocycles. The van der Waals surface area contributed by atoms with Gasteiger partial charge in [0, 0.05) is 5.38 Å². The molecule has 0 atom stereocenters. The largest absolute Gasteiger partial charge is 0.299 e. The Hall–Kier alpha value is -2.08. The molecule has 0 saturated heterocycles. The van der Waals surface area contributed by atoms with E-state index in [0.717, 1.165) is 6.07 Å². The summed E-state index contributed by atoms with van der Waals surface area (Å²) in [5, 5.41) is 1.80. The Morgan fingerprint density at radius 1 is 1.33 bits per heavy atom. The molecule has 6 heteroatoms. The predicted octanol–water partition coefficient (Wildman–Crippen LogP) is 2.01. The third-order valence-corrected chi connectivity index (χ3v) is 3.37. The highest BCUT2D eigenvalue weighted by Crippen LogP contribution is 2.30. The van der Waals surface area contributed by atoms with Gasteiger partial charge in [0.05, 0.1) is 29.0 Å². The number of benzene rings is 1. The average Bonchev–Trinajstić information content (AvgIpc) is 2.94. The van der Waals surface area contributed by atoms with Gasteiger partial charge in [-0.15, -0.1) is 11.3 Å². The van der Waals surface area contributed by atoms with Crippen molar-refractivity contribution in [3.8, 4) is 0 Å². The molecule has 0 bridgehead atoms. The number of nitrogens with zero attached hydrogens (tertiary/aromatic N) is 2. The summed E-state index contributed by atoms with van der Waals surface area (Å²) in [5.74, 6) is -1.83. The maximum Gasteiger partial charge on any atom is 0.299 e. The highest BCUT2D eigenvalue weighted by molar-refractivity contribution is 7.07. The molecule has 3 rings (SSSR count). The molecule has 0 N–H and O–H groups in total. The van der Waals surface area contributed by atoms with Gasteiger partial charge in [0.2, 0.25) is 0 Å². The summed E-state index contributed by atoms with van der Waals surface area (Å²) in [7, 11) is 0. The highest BCUT2D eigenvalue weighted by Gasteiger charge is 2.36. The molecule has 0 unspecified atom stereocenters. The Morgan fingerprint density at radius 3 is 2.89 bits per heavy atom. The molecule has 1 aliphatic heterocycles. The van der Waals surface area contributed by atoms with Crippen LogP contribution < -0.4 is 4.90 Å². The minimum absolute atomic E-state index is 0.121. The Kier molecular flexibility index (Phi) is 2.45. The van der Waals surface area contributed by atoms with Gasteiger partial charge in [0.1, 0.15) is 5.82 Å². The van der Waals surface area contributed by atoms with Crippen LogP contribution in [0.4, 0.5) is 10.1 Å². The van der Waals surface area contributed by atoms with Crippen LogP contribution in [-0.4, -0.2) is 16.7 Å². The summed E-state index contributed by atoms with van der Waals surface area (Å²) in [5.41, 5.74) is 2.93. The molecule has 1 aromatic heterocycles. The van der Waals surface area contributed by atoms with Crippen molar-refractivity contribution in [1.29, 1.82) is 0 Å². The van der Waals surface area contributed by atoms with E-state index >= 15 is 0 Å². The molecular formula is C12H7FN2O2S. The quantitative estimate of drug-likeness (QED) is 0.778. The van der Waals surface area contributed by atoms with Crippen molar-refractivity contribution in [2.75, 3.05) is 4.90 Å². The lowest BCUT2D eigenvalue weighted by molar-refractivity contribution is -0.114. The van der Waals surface area contributed by atoms with Crippen molar-refractivity contribution in [2.24, 2.45) is 0 Å². The van der Waals surface area contributed by atoms with E-state index in [1.54, 1.807) is 10.9 Å². The maximum absolute atomic E-state index is 13.1. The van der Waals surface area contributed by atoms with Crippen molar-refractivity contribution >= 4 is 28.7 Å². The fourth-order valence-electron chi connectivity index (χ4n) is 1.91. The first-order chi connectivity index (χ1) is 8.66. The van der Waals surface area contributed by atoms with E-state index in [1.165, 1.54) is 28.4 Å². The average molecular weight is 262 g/mol. The lowest BCUT2D eigenvalue weighted by Crippen LogP contribution is -2.29. The minimum atomic E-state index is -0.667. The monoisotopic (exact) mass is 262 g/mol. The molecule has 0 fully saturated rings.